The molecule has 1 N–H and O–H groups in total. The summed E-state index contributed by atoms with van der Waals surface area (Å²) in [6, 6.07) is 9.44. The van der Waals surface area contributed by atoms with Crippen LogP contribution in [0.2, 0.25) is 0 Å². The summed E-state index contributed by atoms with van der Waals surface area (Å²) < 4.78 is 97.9. The summed E-state index contributed by atoms with van der Waals surface area (Å²) in [6.45, 7) is -0.785. The predicted octanol–water partition coefficient (Wildman–Crippen LogP) is 5.16. The molecule has 37 heavy (non-hydrogen) atoms. The highest BCUT2D eigenvalue weighted by Crippen LogP contribution is 2.36. The highest BCUT2D eigenvalue weighted by Gasteiger charge is 2.36. The van der Waals surface area contributed by atoms with Crippen LogP contribution < -0.4 is 10.0 Å². The second kappa shape index (κ2) is 11.6. The lowest BCUT2D eigenvalue weighted by Crippen LogP contribution is -2.32. The SMILES string of the molecule is O=C(Cc1ccc[n+]([O-])c1)NCC(COCc1cc(C(F)(F)F)cc(C(F)(F)F)c1)c1ccc(F)cc1. The molecule has 1 heterocycles. The third kappa shape index (κ3) is 8.45. The Kier molecular flexibility index (Phi) is 8.74. The van der Waals surface area contributed by atoms with E-state index in [4.69, 9.17) is 4.74 Å². The Hall–Kier alpha value is -3.67. The van der Waals surface area contributed by atoms with Gasteiger partial charge in [0, 0.05) is 24.1 Å². The van der Waals surface area contributed by atoms with Crippen molar-refractivity contribution in [2.75, 3.05) is 13.2 Å². The third-order valence-electron chi connectivity index (χ3n) is 5.32. The lowest BCUT2D eigenvalue weighted by atomic mass is 9.99. The Morgan fingerprint density at radius 3 is 2.14 bits per heavy atom. The molecule has 1 unspecified atom stereocenters. The van der Waals surface area contributed by atoms with E-state index in [1.807, 2.05) is 0 Å². The van der Waals surface area contributed by atoms with Gasteiger partial charge in [0.2, 0.25) is 5.91 Å². The zero-order valence-corrected chi connectivity index (χ0v) is 19.1. The number of nitrogens with one attached hydrogen (secondary N) is 1. The van der Waals surface area contributed by atoms with Gasteiger partial charge in [-0.3, -0.25) is 4.79 Å². The fourth-order valence-corrected chi connectivity index (χ4v) is 3.52. The van der Waals surface area contributed by atoms with Gasteiger partial charge in [0.25, 0.3) is 0 Å². The van der Waals surface area contributed by atoms with E-state index >= 15 is 0 Å². The smallest absolute Gasteiger partial charge is 0.416 e. The van der Waals surface area contributed by atoms with Gasteiger partial charge in [-0.25, -0.2) is 4.39 Å². The van der Waals surface area contributed by atoms with Crippen LogP contribution in [0.25, 0.3) is 0 Å². The molecule has 0 fully saturated rings. The van der Waals surface area contributed by atoms with Crippen LogP contribution in [-0.2, 0) is 34.9 Å². The van der Waals surface area contributed by atoms with E-state index in [1.54, 1.807) is 6.07 Å². The maximum atomic E-state index is 13.4. The molecule has 0 radical (unpaired) electrons. The Bertz CT molecular complexity index is 1180. The molecular formula is C25H21F7N2O3. The summed E-state index contributed by atoms with van der Waals surface area (Å²) in [4.78, 5) is 12.3. The van der Waals surface area contributed by atoms with Crippen molar-refractivity contribution in [1.29, 1.82) is 0 Å². The van der Waals surface area contributed by atoms with Gasteiger partial charge in [-0.05, 0) is 47.5 Å². The first-order chi connectivity index (χ1) is 17.3. The van der Waals surface area contributed by atoms with Gasteiger partial charge in [0.1, 0.15) is 5.82 Å². The molecular weight excluding hydrogens is 509 g/mol. The van der Waals surface area contributed by atoms with Crippen LogP contribution in [0.5, 0.6) is 0 Å². The monoisotopic (exact) mass is 530 g/mol. The molecule has 12 heteroatoms. The summed E-state index contributed by atoms with van der Waals surface area (Å²) in [7, 11) is 0. The number of aromatic nitrogens is 1. The standard InChI is InChI=1S/C25H21F7N2O3/c26-22-5-3-18(4-6-22)19(12-33-23(35)10-16-2-1-7-34(36)13-16)15-37-14-17-8-20(24(27,28)29)11-21(9-17)25(30,31)32/h1-9,11,13,19H,10,12,14-15H2,(H,33,35). The van der Waals surface area contributed by atoms with E-state index in [0.717, 1.165) is 0 Å². The van der Waals surface area contributed by atoms with Crippen molar-refractivity contribution < 1.29 is 45.0 Å². The molecule has 1 amide bonds. The normalized spacial score (nSPS) is 12.8. The molecule has 3 aromatic rings. The number of carbonyl (C=O) groups is 1. The molecule has 1 aromatic heterocycles. The van der Waals surface area contributed by atoms with E-state index in [-0.39, 0.29) is 31.2 Å². The molecule has 3 rings (SSSR count). The molecule has 0 spiro atoms. The zero-order valence-electron chi connectivity index (χ0n) is 19.1. The van der Waals surface area contributed by atoms with Crippen molar-refractivity contribution in [2.45, 2.75) is 31.3 Å². The van der Waals surface area contributed by atoms with Crippen LogP contribution in [-0.4, -0.2) is 19.1 Å². The van der Waals surface area contributed by atoms with Gasteiger partial charge in [0.05, 0.1) is 30.8 Å². The maximum Gasteiger partial charge on any atom is 0.416 e. The number of rotatable bonds is 9. The summed E-state index contributed by atoms with van der Waals surface area (Å²) >= 11 is 0. The lowest BCUT2D eigenvalue weighted by molar-refractivity contribution is -0.605. The number of halogens is 7. The van der Waals surface area contributed by atoms with Crippen LogP contribution in [0.15, 0.2) is 67.0 Å². The van der Waals surface area contributed by atoms with Crippen molar-refractivity contribution in [3.05, 3.63) is 106 Å². The van der Waals surface area contributed by atoms with E-state index < -0.39 is 47.7 Å². The van der Waals surface area contributed by atoms with Crippen LogP contribution in [0, 0.1) is 11.0 Å². The first-order valence-corrected chi connectivity index (χ1v) is 10.9. The summed E-state index contributed by atoms with van der Waals surface area (Å²) in [5.41, 5.74) is -2.26. The van der Waals surface area contributed by atoms with Crippen molar-refractivity contribution in [3.63, 3.8) is 0 Å². The van der Waals surface area contributed by atoms with Crippen molar-refractivity contribution >= 4 is 5.91 Å². The largest absolute Gasteiger partial charge is 0.619 e. The number of benzene rings is 2. The van der Waals surface area contributed by atoms with Gasteiger partial charge < -0.3 is 15.3 Å². The van der Waals surface area contributed by atoms with Gasteiger partial charge >= 0.3 is 12.4 Å². The van der Waals surface area contributed by atoms with Crippen LogP contribution in [0.4, 0.5) is 30.7 Å². The first kappa shape index (κ1) is 27.9. The molecule has 5 nitrogen and oxygen atoms in total. The zero-order chi connectivity index (χ0) is 27.2. The summed E-state index contributed by atoms with van der Waals surface area (Å²) in [5, 5.41) is 14.0. The third-order valence-corrected chi connectivity index (χ3v) is 5.32. The van der Waals surface area contributed by atoms with E-state index in [1.165, 1.54) is 42.7 Å². The number of hydrogen-bond donors (Lipinski definition) is 1. The van der Waals surface area contributed by atoms with Crippen LogP contribution >= 0.6 is 0 Å². The Balaban J connectivity index is 1.70. The molecule has 198 valence electrons. The van der Waals surface area contributed by atoms with Gasteiger partial charge in [-0.15, -0.1) is 0 Å². The van der Waals surface area contributed by atoms with Crippen LogP contribution in [0.3, 0.4) is 0 Å². The second-order valence-electron chi connectivity index (χ2n) is 8.23. The fraction of sp³-hybridized carbons (Fsp3) is 0.280. The van der Waals surface area contributed by atoms with Crippen LogP contribution in [0.1, 0.15) is 33.7 Å². The fourth-order valence-electron chi connectivity index (χ4n) is 3.52. The van der Waals surface area contributed by atoms with E-state index in [0.29, 0.717) is 28.0 Å². The first-order valence-electron chi connectivity index (χ1n) is 10.9. The van der Waals surface area contributed by atoms with Crippen molar-refractivity contribution in [3.8, 4) is 0 Å². The van der Waals surface area contributed by atoms with Gasteiger partial charge in [-0.2, -0.15) is 31.1 Å². The van der Waals surface area contributed by atoms with Gasteiger partial charge in [0.15, 0.2) is 12.4 Å². The minimum Gasteiger partial charge on any atom is -0.619 e. The number of carbonyl (C=O) groups excluding carboxylic acids is 1. The Morgan fingerprint density at radius 2 is 1.57 bits per heavy atom. The molecule has 0 aliphatic rings. The van der Waals surface area contributed by atoms with E-state index in [9.17, 15) is 40.7 Å². The average molecular weight is 530 g/mol. The summed E-state index contributed by atoms with van der Waals surface area (Å²) in [6.07, 6.45) is -7.59. The summed E-state index contributed by atoms with van der Waals surface area (Å²) in [5.74, 6) is -1.56. The molecule has 1 atom stereocenters. The van der Waals surface area contributed by atoms with E-state index in [2.05, 4.69) is 5.32 Å². The predicted molar refractivity (Wildman–Crippen MR) is 117 cm³/mol. The Labute approximate surface area is 207 Å². The molecule has 0 aliphatic carbocycles. The lowest BCUT2D eigenvalue weighted by Gasteiger charge is -2.19. The maximum absolute atomic E-state index is 13.4. The van der Waals surface area contributed by atoms with Crippen molar-refractivity contribution in [2.24, 2.45) is 0 Å². The number of nitrogens with zero attached hydrogens (tertiary/aromatic N) is 1. The quantitative estimate of drug-likeness (QED) is 0.236. The molecule has 2 aromatic carbocycles. The Morgan fingerprint density at radius 1 is 0.946 bits per heavy atom. The molecule has 0 aliphatic heterocycles. The molecule has 0 bridgehead atoms. The molecule has 0 saturated carbocycles. The topological polar surface area (TPSA) is 65.3 Å². The number of hydrogen-bond acceptors (Lipinski definition) is 3. The number of amides is 1. The number of ether oxygens (including phenoxy) is 1. The number of pyridine rings is 1. The highest BCUT2D eigenvalue weighted by molar-refractivity contribution is 5.78. The number of alkyl halides is 6. The molecule has 0 saturated heterocycles. The average Bonchev–Trinajstić information content (AvgIpc) is 2.80. The van der Waals surface area contributed by atoms with Crippen molar-refractivity contribution in [1.82, 2.24) is 5.32 Å². The highest BCUT2D eigenvalue weighted by atomic mass is 19.4. The minimum absolute atomic E-state index is 0.0228. The van der Waals surface area contributed by atoms with Gasteiger partial charge in [-0.1, -0.05) is 12.1 Å². The minimum atomic E-state index is -4.99. The second-order valence-corrected chi connectivity index (χ2v) is 8.23.